The molecule has 26 heavy (non-hydrogen) atoms. The first-order chi connectivity index (χ1) is 12.5. The second kappa shape index (κ2) is 8.09. The van der Waals surface area contributed by atoms with Gasteiger partial charge in [0.15, 0.2) is 0 Å². The Morgan fingerprint density at radius 3 is 2.73 bits per heavy atom. The number of carbonyl (C=O) groups excluding carboxylic acids is 2. The molecular formula is C17H18ClFN4O2S. The number of halogens is 2. The Hall–Kier alpha value is -2.06. The largest absolute Gasteiger partial charge is 0.352 e. The molecule has 0 spiro atoms. The van der Waals surface area contributed by atoms with Gasteiger partial charge < -0.3 is 10.2 Å². The minimum absolute atomic E-state index is 0.0296. The van der Waals surface area contributed by atoms with E-state index in [1.165, 1.54) is 12.1 Å². The topological polar surface area (TPSA) is 75.2 Å². The zero-order valence-electron chi connectivity index (χ0n) is 14.2. The monoisotopic (exact) mass is 396 g/mol. The van der Waals surface area contributed by atoms with Gasteiger partial charge in [0.2, 0.25) is 0 Å². The number of carbonyl (C=O) groups is 2. The van der Waals surface area contributed by atoms with E-state index in [1.807, 2.05) is 0 Å². The average Bonchev–Trinajstić information content (AvgIpc) is 3.05. The number of benzene rings is 1. The molecule has 0 atom stereocenters. The van der Waals surface area contributed by atoms with Crippen LogP contribution in [0, 0.1) is 18.7 Å². The molecule has 2 aromatic rings. The molecule has 1 fully saturated rings. The minimum atomic E-state index is -0.477. The Kier molecular flexibility index (Phi) is 5.83. The van der Waals surface area contributed by atoms with Gasteiger partial charge in [0, 0.05) is 19.6 Å². The number of amides is 2. The maximum Gasteiger partial charge on any atom is 0.267 e. The summed E-state index contributed by atoms with van der Waals surface area (Å²) in [5, 5.41) is 6.81. The van der Waals surface area contributed by atoms with Crippen LogP contribution in [0.5, 0.6) is 0 Å². The minimum Gasteiger partial charge on any atom is -0.352 e. The van der Waals surface area contributed by atoms with E-state index in [1.54, 1.807) is 11.8 Å². The third-order valence-corrected chi connectivity index (χ3v) is 5.60. The fourth-order valence-corrected chi connectivity index (χ4v) is 3.80. The molecule has 1 saturated heterocycles. The van der Waals surface area contributed by atoms with Crippen LogP contribution in [-0.2, 0) is 0 Å². The van der Waals surface area contributed by atoms with Crippen LogP contribution in [-0.4, -0.2) is 45.9 Å². The van der Waals surface area contributed by atoms with Crippen molar-refractivity contribution in [1.29, 1.82) is 0 Å². The van der Waals surface area contributed by atoms with Crippen molar-refractivity contribution < 1.29 is 14.0 Å². The van der Waals surface area contributed by atoms with E-state index >= 15 is 0 Å². The number of rotatable bonds is 4. The molecule has 0 aliphatic carbocycles. The number of hydrogen-bond donors (Lipinski definition) is 1. The van der Waals surface area contributed by atoms with E-state index in [2.05, 4.69) is 14.9 Å². The number of nitrogens with zero attached hydrogens (tertiary/aromatic N) is 3. The second-order valence-electron chi connectivity index (χ2n) is 6.26. The van der Waals surface area contributed by atoms with E-state index < -0.39 is 5.82 Å². The maximum absolute atomic E-state index is 13.1. The van der Waals surface area contributed by atoms with Crippen LogP contribution >= 0.6 is 23.1 Å². The van der Waals surface area contributed by atoms with Crippen molar-refractivity contribution in [2.45, 2.75) is 19.8 Å². The number of hydrogen-bond acceptors (Lipinski definition) is 5. The van der Waals surface area contributed by atoms with Gasteiger partial charge in [0.05, 0.1) is 16.3 Å². The van der Waals surface area contributed by atoms with E-state index in [0.717, 1.165) is 30.4 Å². The van der Waals surface area contributed by atoms with E-state index in [0.29, 0.717) is 30.2 Å². The van der Waals surface area contributed by atoms with Crippen molar-refractivity contribution in [3.63, 3.8) is 0 Å². The van der Waals surface area contributed by atoms with Gasteiger partial charge in [0.25, 0.3) is 11.8 Å². The molecule has 3 rings (SSSR count). The highest BCUT2D eigenvalue weighted by Crippen LogP contribution is 2.21. The van der Waals surface area contributed by atoms with Gasteiger partial charge in [-0.3, -0.25) is 9.59 Å². The molecule has 1 aliphatic rings. The number of piperidine rings is 1. The zero-order chi connectivity index (χ0) is 18.7. The normalized spacial score (nSPS) is 15.1. The standard InChI is InChI=1S/C17H18ClFN4O2S/c1-10-15(26-22-21-10)17(25)23-6-4-11(5-7-23)9-20-16(24)13-3-2-12(19)8-14(13)18/h2-3,8,11H,4-7,9H2,1H3,(H,20,24). The highest BCUT2D eigenvalue weighted by Gasteiger charge is 2.26. The first-order valence-electron chi connectivity index (χ1n) is 8.27. The number of aryl methyl sites for hydroxylation is 1. The fourth-order valence-electron chi connectivity index (χ4n) is 2.92. The lowest BCUT2D eigenvalue weighted by atomic mass is 9.96. The molecule has 0 unspecified atom stereocenters. The van der Waals surface area contributed by atoms with Crippen LogP contribution in [0.1, 0.15) is 38.6 Å². The lowest BCUT2D eigenvalue weighted by Gasteiger charge is -2.31. The molecule has 0 radical (unpaired) electrons. The number of nitrogens with one attached hydrogen (secondary N) is 1. The molecule has 1 aromatic carbocycles. The summed E-state index contributed by atoms with van der Waals surface area (Å²) in [5.74, 6) is -0.546. The lowest BCUT2D eigenvalue weighted by Crippen LogP contribution is -2.41. The Bertz CT molecular complexity index is 821. The van der Waals surface area contributed by atoms with Crippen LogP contribution in [0.4, 0.5) is 4.39 Å². The summed E-state index contributed by atoms with van der Waals surface area (Å²) in [5.41, 5.74) is 0.916. The van der Waals surface area contributed by atoms with Gasteiger partial charge in [-0.2, -0.15) is 0 Å². The molecule has 0 bridgehead atoms. The summed E-state index contributed by atoms with van der Waals surface area (Å²) in [7, 11) is 0. The summed E-state index contributed by atoms with van der Waals surface area (Å²) in [6.45, 7) is 3.54. The summed E-state index contributed by atoms with van der Waals surface area (Å²) in [4.78, 5) is 27.0. The Balaban J connectivity index is 1.49. The SMILES string of the molecule is Cc1nnsc1C(=O)N1CCC(CNC(=O)c2ccc(F)cc2Cl)CC1. The highest BCUT2D eigenvalue weighted by molar-refractivity contribution is 7.07. The van der Waals surface area contributed by atoms with Crippen molar-refractivity contribution in [2.24, 2.45) is 5.92 Å². The second-order valence-corrected chi connectivity index (χ2v) is 7.42. The maximum atomic E-state index is 13.1. The third-order valence-electron chi connectivity index (χ3n) is 4.47. The van der Waals surface area contributed by atoms with Gasteiger partial charge >= 0.3 is 0 Å². The van der Waals surface area contributed by atoms with Crippen LogP contribution < -0.4 is 5.32 Å². The van der Waals surface area contributed by atoms with Crippen LogP contribution in [0.25, 0.3) is 0 Å². The van der Waals surface area contributed by atoms with Crippen LogP contribution in [0.15, 0.2) is 18.2 Å². The summed E-state index contributed by atoms with van der Waals surface area (Å²) in [6.07, 6.45) is 1.60. The van der Waals surface area contributed by atoms with E-state index in [9.17, 15) is 14.0 Å². The molecule has 9 heteroatoms. The number of aromatic nitrogens is 2. The first-order valence-corrected chi connectivity index (χ1v) is 9.42. The molecule has 2 heterocycles. The average molecular weight is 397 g/mol. The van der Waals surface area contributed by atoms with Gasteiger partial charge in [-0.25, -0.2) is 4.39 Å². The van der Waals surface area contributed by atoms with Crippen LogP contribution in [0.2, 0.25) is 5.02 Å². The van der Waals surface area contributed by atoms with Crippen molar-refractivity contribution in [3.05, 3.63) is 45.2 Å². The van der Waals surface area contributed by atoms with Gasteiger partial charge in [-0.15, -0.1) is 5.10 Å². The van der Waals surface area contributed by atoms with E-state index in [4.69, 9.17) is 11.6 Å². The third kappa shape index (κ3) is 4.19. The fraction of sp³-hybridized carbons (Fsp3) is 0.412. The van der Waals surface area contributed by atoms with Gasteiger partial charge in [-0.1, -0.05) is 16.1 Å². The molecule has 1 aromatic heterocycles. The highest BCUT2D eigenvalue weighted by atomic mass is 35.5. The molecule has 1 N–H and O–H groups in total. The number of likely N-dealkylation sites (tertiary alicyclic amines) is 1. The summed E-state index contributed by atoms with van der Waals surface area (Å²) < 4.78 is 16.9. The van der Waals surface area contributed by atoms with Crippen molar-refractivity contribution in [1.82, 2.24) is 19.8 Å². The summed E-state index contributed by atoms with van der Waals surface area (Å²) in [6, 6.07) is 3.71. The molecule has 6 nitrogen and oxygen atoms in total. The molecule has 2 amide bonds. The zero-order valence-corrected chi connectivity index (χ0v) is 15.7. The predicted octanol–water partition coefficient (Wildman–Crippen LogP) is 2.92. The van der Waals surface area contributed by atoms with Crippen molar-refractivity contribution in [3.8, 4) is 0 Å². The molecule has 1 aliphatic heterocycles. The van der Waals surface area contributed by atoms with Crippen LogP contribution in [0.3, 0.4) is 0 Å². The Morgan fingerprint density at radius 2 is 2.12 bits per heavy atom. The van der Waals surface area contributed by atoms with E-state index in [-0.39, 0.29) is 28.3 Å². The molecule has 0 saturated carbocycles. The quantitative estimate of drug-likeness (QED) is 0.862. The summed E-state index contributed by atoms with van der Waals surface area (Å²) >= 11 is 7.02. The lowest BCUT2D eigenvalue weighted by molar-refractivity contribution is 0.0688. The van der Waals surface area contributed by atoms with Gasteiger partial charge in [0.1, 0.15) is 10.7 Å². The molecular weight excluding hydrogens is 379 g/mol. The van der Waals surface area contributed by atoms with Crippen molar-refractivity contribution >= 4 is 34.9 Å². The van der Waals surface area contributed by atoms with Crippen molar-refractivity contribution in [2.75, 3.05) is 19.6 Å². The van der Waals surface area contributed by atoms with Gasteiger partial charge in [-0.05, 0) is 55.4 Å². The smallest absolute Gasteiger partial charge is 0.267 e. The first kappa shape index (κ1) is 18.7. The molecule has 138 valence electrons. The Morgan fingerprint density at radius 1 is 1.38 bits per heavy atom. The Labute approximate surface area is 159 Å². The predicted molar refractivity (Wildman–Crippen MR) is 97.0 cm³/mol.